The Labute approximate surface area is 273 Å². The molecule has 238 valence electrons. The molecule has 0 spiro atoms. The van der Waals surface area contributed by atoms with Crippen LogP contribution >= 0.6 is 11.6 Å². The van der Waals surface area contributed by atoms with Crippen LogP contribution < -0.4 is 14.8 Å². The fourth-order valence-electron chi connectivity index (χ4n) is 4.57. The highest BCUT2D eigenvalue weighted by molar-refractivity contribution is 7.90. The standard InChI is InChI=1S/C35H40ClN3O5S/c1-4-6-18-43-19-20-44-30-12-7-26(8-13-30)32-21-27(34(42-3)22-33(32)36)9-16-35(40)38-28-10-14-31(15-11-28)45(41)24-29-23-37-25-39(29)17-5-2/h7-16,21-23,25H,4-6,17-20,24H2,1-3H3,(H,38,40)/b16-9+/t45-/m1/s1. The molecule has 4 rings (SSSR count). The molecule has 10 heteroatoms. The third-order valence-electron chi connectivity index (χ3n) is 6.96. The van der Waals surface area contributed by atoms with Crippen LogP contribution in [-0.4, -0.2) is 46.9 Å². The molecule has 8 nitrogen and oxygen atoms in total. The van der Waals surface area contributed by atoms with Crippen molar-refractivity contribution in [3.63, 3.8) is 0 Å². The first kappa shape index (κ1) is 34.1. The molecular formula is C35H40ClN3O5S. The summed E-state index contributed by atoms with van der Waals surface area (Å²) < 4.78 is 31.8. The van der Waals surface area contributed by atoms with Gasteiger partial charge in [0, 0.05) is 36.0 Å². The molecule has 1 atom stereocenters. The third-order valence-corrected chi connectivity index (χ3v) is 8.63. The van der Waals surface area contributed by atoms with E-state index < -0.39 is 11.2 Å². The Bertz CT molecular complexity index is 1540. The van der Waals surface area contributed by atoms with Crippen molar-refractivity contribution in [3.05, 3.63) is 95.5 Å². The Kier molecular flexibility index (Phi) is 13.4. The van der Waals surface area contributed by atoms with Crippen molar-refractivity contribution in [2.45, 2.75) is 50.3 Å². The predicted octanol–water partition coefficient (Wildman–Crippen LogP) is 7.78. The van der Waals surface area contributed by atoms with E-state index in [2.05, 4.69) is 24.1 Å². The van der Waals surface area contributed by atoms with Gasteiger partial charge in [-0.05, 0) is 84.2 Å². The predicted molar refractivity (Wildman–Crippen MR) is 181 cm³/mol. The first-order valence-corrected chi connectivity index (χ1v) is 16.8. The summed E-state index contributed by atoms with van der Waals surface area (Å²) in [5.41, 5.74) is 3.93. The summed E-state index contributed by atoms with van der Waals surface area (Å²) in [5, 5.41) is 3.38. The number of unbranched alkanes of at least 4 members (excludes halogenated alkanes) is 1. The van der Waals surface area contributed by atoms with Gasteiger partial charge in [-0.3, -0.25) is 4.79 Å². The van der Waals surface area contributed by atoms with Gasteiger partial charge >= 0.3 is 0 Å². The molecule has 0 radical (unpaired) electrons. The molecule has 0 aliphatic heterocycles. The summed E-state index contributed by atoms with van der Waals surface area (Å²) in [6.45, 7) is 6.85. The van der Waals surface area contributed by atoms with E-state index in [1.807, 2.05) is 34.9 Å². The number of hydrogen-bond donors (Lipinski definition) is 1. The molecule has 1 amide bonds. The van der Waals surface area contributed by atoms with Crippen molar-refractivity contribution in [2.24, 2.45) is 0 Å². The summed E-state index contributed by atoms with van der Waals surface area (Å²) in [6, 6.07) is 18.3. The highest BCUT2D eigenvalue weighted by Crippen LogP contribution is 2.35. The van der Waals surface area contributed by atoms with Gasteiger partial charge < -0.3 is 28.6 Å². The second kappa shape index (κ2) is 17.7. The largest absolute Gasteiger partial charge is 0.611 e. The van der Waals surface area contributed by atoms with Gasteiger partial charge in [0.05, 0.1) is 37.0 Å². The van der Waals surface area contributed by atoms with Crippen LogP contribution in [0.25, 0.3) is 17.2 Å². The molecule has 1 aromatic heterocycles. The average molecular weight is 650 g/mol. The average Bonchev–Trinajstić information content (AvgIpc) is 3.49. The highest BCUT2D eigenvalue weighted by Gasteiger charge is 2.15. The van der Waals surface area contributed by atoms with Crippen molar-refractivity contribution >= 4 is 40.4 Å². The molecule has 0 fully saturated rings. The smallest absolute Gasteiger partial charge is 0.248 e. The van der Waals surface area contributed by atoms with Crippen LogP contribution in [0.3, 0.4) is 0 Å². The zero-order valence-electron chi connectivity index (χ0n) is 26.0. The first-order valence-electron chi connectivity index (χ1n) is 15.1. The zero-order chi connectivity index (χ0) is 32.0. The lowest BCUT2D eigenvalue weighted by atomic mass is 10.0. The van der Waals surface area contributed by atoms with E-state index in [1.165, 1.54) is 6.08 Å². The number of aromatic nitrogens is 2. The molecule has 0 saturated heterocycles. The van der Waals surface area contributed by atoms with Crippen molar-refractivity contribution in [2.75, 3.05) is 32.2 Å². The molecule has 0 saturated carbocycles. The first-order chi connectivity index (χ1) is 21.9. The number of aryl methyl sites for hydroxylation is 1. The SMILES string of the molecule is CCCCOCCOc1ccc(-c2cc(/C=C/C(=O)Nc3ccc([S@+]([O-])Cc4cncn4CCC)cc3)c(OC)cc2Cl)cc1. The Hall–Kier alpha value is -3.76. The monoisotopic (exact) mass is 649 g/mol. The van der Waals surface area contributed by atoms with Crippen LogP contribution in [0.5, 0.6) is 11.5 Å². The molecule has 4 aromatic rings. The number of methoxy groups -OCH3 is 1. The van der Waals surface area contributed by atoms with E-state index in [0.29, 0.717) is 45.9 Å². The van der Waals surface area contributed by atoms with Gasteiger partial charge in [-0.1, -0.05) is 44.0 Å². The van der Waals surface area contributed by atoms with Crippen LogP contribution in [0.4, 0.5) is 5.69 Å². The van der Waals surface area contributed by atoms with E-state index in [-0.39, 0.29) is 5.91 Å². The lowest BCUT2D eigenvalue weighted by Crippen LogP contribution is -2.11. The van der Waals surface area contributed by atoms with E-state index in [1.54, 1.807) is 56.0 Å². The quantitative estimate of drug-likeness (QED) is 0.0713. The lowest BCUT2D eigenvalue weighted by molar-refractivity contribution is -0.111. The fourth-order valence-corrected chi connectivity index (χ4v) is 5.94. The van der Waals surface area contributed by atoms with Crippen LogP contribution in [0.1, 0.15) is 44.4 Å². The summed E-state index contributed by atoms with van der Waals surface area (Å²) in [4.78, 5) is 17.6. The summed E-state index contributed by atoms with van der Waals surface area (Å²) in [5.74, 6) is 1.36. The van der Waals surface area contributed by atoms with Gasteiger partial charge in [0.2, 0.25) is 5.91 Å². The van der Waals surface area contributed by atoms with Crippen molar-refractivity contribution in [1.82, 2.24) is 9.55 Å². The Morgan fingerprint density at radius 3 is 2.53 bits per heavy atom. The molecule has 0 bridgehead atoms. The van der Waals surface area contributed by atoms with Crippen molar-refractivity contribution in [1.29, 1.82) is 0 Å². The van der Waals surface area contributed by atoms with Gasteiger partial charge in [-0.25, -0.2) is 4.98 Å². The second-order valence-electron chi connectivity index (χ2n) is 10.3. The summed E-state index contributed by atoms with van der Waals surface area (Å²) in [7, 11) is 1.56. The maximum atomic E-state index is 12.9. The molecular weight excluding hydrogens is 610 g/mol. The van der Waals surface area contributed by atoms with Crippen molar-refractivity contribution < 1.29 is 23.6 Å². The number of nitrogens with one attached hydrogen (secondary N) is 1. The van der Waals surface area contributed by atoms with Crippen LogP contribution in [0.15, 0.2) is 84.2 Å². The molecule has 0 aliphatic rings. The number of hydrogen-bond acceptors (Lipinski definition) is 6. The summed E-state index contributed by atoms with van der Waals surface area (Å²) in [6.07, 6.45) is 9.78. The Morgan fingerprint density at radius 2 is 1.82 bits per heavy atom. The number of nitrogens with zero attached hydrogens (tertiary/aromatic N) is 2. The van der Waals surface area contributed by atoms with Gasteiger partial charge in [0.1, 0.15) is 18.1 Å². The van der Waals surface area contributed by atoms with Crippen LogP contribution in [0, 0.1) is 0 Å². The number of carbonyl (C=O) groups excluding carboxylic acids is 1. The number of rotatable bonds is 17. The zero-order valence-corrected chi connectivity index (χ0v) is 27.5. The van der Waals surface area contributed by atoms with E-state index in [4.69, 9.17) is 25.8 Å². The highest BCUT2D eigenvalue weighted by atomic mass is 35.5. The molecule has 45 heavy (non-hydrogen) atoms. The fraction of sp³-hybridized carbons (Fsp3) is 0.314. The number of ether oxygens (including phenoxy) is 3. The number of imidazole rings is 1. The van der Waals surface area contributed by atoms with Gasteiger partial charge in [0.25, 0.3) is 0 Å². The second-order valence-corrected chi connectivity index (χ2v) is 12.2. The number of anilines is 1. The number of amides is 1. The maximum absolute atomic E-state index is 12.9. The summed E-state index contributed by atoms with van der Waals surface area (Å²) >= 11 is 5.38. The molecule has 1 N–H and O–H groups in total. The molecule has 1 heterocycles. The molecule has 0 unspecified atom stereocenters. The van der Waals surface area contributed by atoms with E-state index >= 15 is 0 Å². The third kappa shape index (κ3) is 10.1. The van der Waals surface area contributed by atoms with Crippen LogP contribution in [-0.2, 0) is 33.0 Å². The molecule has 0 aliphatic carbocycles. The number of carbonyl (C=O) groups is 1. The normalized spacial score (nSPS) is 11.9. The maximum Gasteiger partial charge on any atom is 0.248 e. The number of benzene rings is 3. The minimum absolute atomic E-state index is 0.314. The van der Waals surface area contributed by atoms with Gasteiger partial charge in [-0.15, -0.1) is 0 Å². The number of halogens is 1. The van der Waals surface area contributed by atoms with Crippen molar-refractivity contribution in [3.8, 4) is 22.6 Å². The Morgan fingerprint density at radius 1 is 1.04 bits per heavy atom. The van der Waals surface area contributed by atoms with E-state index in [0.717, 1.165) is 55.0 Å². The Balaban J connectivity index is 1.36. The van der Waals surface area contributed by atoms with Gasteiger partial charge in [-0.2, -0.15) is 0 Å². The minimum Gasteiger partial charge on any atom is -0.611 e. The molecule has 3 aromatic carbocycles. The van der Waals surface area contributed by atoms with Crippen LogP contribution in [0.2, 0.25) is 5.02 Å². The topological polar surface area (TPSA) is 97.7 Å². The minimum atomic E-state index is -1.23. The van der Waals surface area contributed by atoms with E-state index in [9.17, 15) is 9.35 Å². The lowest BCUT2D eigenvalue weighted by Gasteiger charge is -2.13. The van der Waals surface area contributed by atoms with Gasteiger partial charge in [0.15, 0.2) is 10.6 Å².